The van der Waals surface area contributed by atoms with E-state index in [2.05, 4.69) is 110 Å². The summed E-state index contributed by atoms with van der Waals surface area (Å²) in [5.41, 5.74) is 9.30. The Balaban J connectivity index is 1.20. The molecule has 0 radical (unpaired) electrons. The molecule has 0 saturated heterocycles. The van der Waals surface area contributed by atoms with Crippen LogP contribution in [0.2, 0.25) is 0 Å². The smallest absolute Gasteiger partial charge is 0.188 e. The van der Waals surface area contributed by atoms with Crippen LogP contribution >= 0.6 is 11.3 Å². The molecule has 0 N–H and O–H groups in total. The van der Waals surface area contributed by atoms with Crippen LogP contribution in [0.1, 0.15) is 0 Å². The minimum absolute atomic E-state index is 0.614. The predicted octanol–water partition coefficient (Wildman–Crippen LogP) is 13.2. The van der Waals surface area contributed by atoms with E-state index in [1.54, 1.807) is 11.3 Å². The number of hydrogen-bond acceptors (Lipinski definition) is 2. The zero-order valence-corrected chi connectivity index (χ0v) is 27.1. The molecule has 50 heavy (non-hydrogen) atoms. The Bertz CT molecular complexity index is 3360. The lowest BCUT2D eigenvalue weighted by atomic mass is 10.1. The summed E-state index contributed by atoms with van der Waals surface area (Å²) in [5, 5.41) is 8.84. The van der Waals surface area contributed by atoms with Crippen LogP contribution in [0.4, 0.5) is 11.4 Å². The Labute approximate surface area is 288 Å². The molecule has 230 valence electrons. The minimum atomic E-state index is 0.614. The molecule has 7 aromatic carbocycles. The van der Waals surface area contributed by atoms with Gasteiger partial charge in [-0.15, -0.1) is 11.3 Å². The van der Waals surface area contributed by atoms with Crippen LogP contribution in [0.5, 0.6) is 0 Å². The lowest BCUT2D eigenvalue weighted by Gasteiger charge is -2.10. The molecule has 11 rings (SSSR count). The Morgan fingerprint density at radius 3 is 1.76 bits per heavy atom. The molecule has 0 amide bonds. The maximum Gasteiger partial charge on any atom is 0.188 e. The van der Waals surface area contributed by atoms with Crippen molar-refractivity contribution in [2.75, 3.05) is 0 Å². The highest BCUT2D eigenvalue weighted by Gasteiger charge is 2.20. The standard InChI is InChI=1S/C44H22N4OS/c1-45-25-11-17-38-33(21-25)29-7-3-5-9-37(29)47(38)27-13-19-41-35(23-27)36-24-28(14-20-42(36)50-41)48-39-18-12-26(46-2)22-34(39)31-15-16-32-30-8-4-6-10-40(30)49-44(32)43(31)48/h3-24H. The monoisotopic (exact) mass is 654 g/mol. The van der Waals surface area contributed by atoms with E-state index in [0.717, 1.165) is 76.9 Å². The van der Waals surface area contributed by atoms with Gasteiger partial charge in [0.1, 0.15) is 5.58 Å². The first kappa shape index (κ1) is 27.1. The van der Waals surface area contributed by atoms with Gasteiger partial charge in [-0.3, -0.25) is 0 Å². The van der Waals surface area contributed by atoms with E-state index in [1.807, 2.05) is 42.5 Å². The fourth-order valence-electron chi connectivity index (χ4n) is 7.95. The summed E-state index contributed by atoms with van der Waals surface area (Å²) in [7, 11) is 0. The van der Waals surface area contributed by atoms with Crippen molar-refractivity contribution in [3.63, 3.8) is 0 Å². The topological polar surface area (TPSA) is 31.7 Å². The second kappa shape index (κ2) is 9.84. The van der Waals surface area contributed by atoms with Gasteiger partial charge in [-0.05, 0) is 89.6 Å². The van der Waals surface area contributed by atoms with Crippen LogP contribution in [-0.2, 0) is 0 Å². The Morgan fingerprint density at radius 2 is 1.04 bits per heavy atom. The zero-order valence-electron chi connectivity index (χ0n) is 26.3. The van der Waals surface area contributed by atoms with E-state index < -0.39 is 0 Å². The maximum atomic E-state index is 7.72. The summed E-state index contributed by atoms with van der Waals surface area (Å²) in [6.45, 7) is 15.3. The summed E-state index contributed by atoms with van der Waals surface area (Å²) < 4.78 is 13.7. The van der Waals surface area contributed by atoms with Crippen LogP contribution in [0.25, 0.3) is 107 Å². The van der Waals surface area contributed by atoms with Crippen LogP contribution < -0.4 is 0 Å². The first-order chi connectivity index (χ1) is 24.7. The van der Waals surface area contributed by atoms with Gasteiger partial charge < -0.3 is 13.6 Å². The summed E-state index contributed by atoms with van der Waals surface area (Å²) in [5.74, 6) is 0. The quantitative estimate of drug-likeness (QED) is 0.171. The van der Waals surface area contributed by atoms with E-state index in [-0.39, 0.29) is 0 Å². The third-order valence-electron chi connectivity index (χ3n) is 10.1. The molecule has 0 aliphatic rings. The molecule has 0 atom stereocenters. The second-order valence-electron chi connectivity index (χ2n) is 12.7. The van der Waals surface area contributed by atoms with E-state index in [4.69, 9.17) is 17.6 Å². The van der Waals surface area contributed by atoms with Gasteiger partial charge in [-0.2, -0.15) is 0 Å². The third-order valence-corrected chi connectivity index (χ3v) is 11.3. The molecule has 6 heteroatoms. The molecule has 5 nitrogen and oxygen atoms in total. The van der Waals surface area contributed by atoms with Crippen molar-refractivity contribution in [3.8, 4) is 11.4 Å². The number of nitrogens with zero attached hydrogens (tertiary/aromatic N) is 4. The highest BCUT2D eigenvalue weighted by Crippen LogP contribution is 2.43. The van der Waals surface area contributed by atoms with Crippen molar-refractivity contribution in [2.45, 2.75) is 0 Å². The van der Waals surface area contributed by atoms with Crippen LogP contribution in [0, 0.1) is 13.1 Å². The fourth-order valence-corrected chi connectivity index (χ4v) is 9.01. The van der Waals surface area contributed by atoms with Gasteiger partial charge in [-0.25, -0.2) is 9.69 Å². The van der Waals surface area contributed by atoms with Gasteiger partial charge in [0, 0.05) is 53.1 Å². The van der Waals surface area contributed by atoms with Gasteiger partial charge in [-0.1, -0.05) is 54.6 Å². The largest absolute Gasteiger partial charge is 0.454 e. The molecule has 0 fully saturated rings. The first-order valence-corrected chi connectivity index (χ1v) is 17.1. The molecule has 0 aliphatic carbocycles. The maximum absolute atomic E-state index is 7.72. The number of fused-ring (bicyclic) bond motifs is 13. The van der Waals surface area contributed by atoms with Crippen molar-refractivity contribution in [3.05, 3.63) is 156 Å². The van der Waals surface area contributed by atoms with Gasteiger partial charge >= 0.3 is 0 Å². The number of aromatic nitrogens is 2. The Morgan fingerprint density at radius 1 is 0.460 bits per heavy atom. The summed E-state index contributed by atoms with van der Waals surface area (Å²) in [4.78, 5) is 7.46. The average molecular weight is 655 g/mol. The summed E-state index contributed by atoms with van der Waals surface area (Å²) in [6, 6.07) is 46.3. The molecule has 4 heterocycles. The normalized spacial score (nSPS) is 12.0. The molecule has 0 unspecified atom stereocenters. The minimum Gasteiger partial charge on any atom is -0.454 e. The number of rotatable bonds is 2. The molecule has 4 aromatic heterocycles. The van der Waals surface area contributed by atoms with Crippen molar-refractivity contribution in [2.24, 2.45) is 0 Å². The Hall–Kier alpha value is -6.86. The van der Waals surface area contributed by atoms with Crippen molar-refractivity contribution in [1.82, 2.24) is 9.13 Å². The molecule has 0 aliphatic heterocycles. The molecular formula is C44H22N4OS. The van der Waals surface area contributed by atoms with Gasteiger partial charge in [0.05, 0.1) is 35.2 Å². The van der Waals surface area contributed by atoms with Crippen molar-refractivity contribution >= 4 is 108 Å². The fraction of sp³-hybridized carbons (Fsp3) is 0. The van der Waals surface area contributed by atoms with E-state index >= 15 is 0 Å². The molecule has 0 bridgehead atoms. The average Bonchev–Trinajstić information content (AvgIpc) is 3.91. The first-order valence-electron chi connectivity index (χ1n) is 16.3. The van der Waals surface area contributed by atoms with E-state index in [0.29, 0.717) is 11.4 Å². The second-order valence-corrected chi connectivity index (χ2v) is 13.8. The molecule has 11 aromatic rings. The lowest BCUT2D eigenvalue weighted by molar-refractivity contribution is 0.671. The summed E-state index contributed by atoms with van der Waals surface area (Å²) in [6.07, 6.45) is 0. The van der Waals surface area contributed by atoms with Crippen molar-refractivity contribution < 1.29 is 4.42 Å². The van der Waals surface area contributed by atoms with Crippen LogP contribution in [-0.4, -0.2) is 9.13 Å². The Kier molecular flexibility index (Phi) is 5.34. The number of para-hydroxylation sites is 2. The van der Waals surface area contributed by atoms with Gasteiger partial charge in [0.15, 0.2) is 17.0 Å². The molecular weight excluding hydrogens is 633 g/mol. The number of hydrogen-bond donors (Lipinski definition) is 0. The number of furan rings is 1. The number of thiophene rings is 1. The number of benzene rings is 7. The van der Waals surface area contributed by atoms with Crippen molar-refractivity contribution in [1.29, 1.82) is 0 Å². The molecule has 0 saturated carbocycles. The van der Waals surface area contributed by atoms with Gasteiger partial charge in [0.2, 0.25) is 0 Å². The van der Waals surface area contributed by atoms with E-state index in [1.165, 1.54) is 20.2 Å². The predicted molar refractivity (Wildman–Crippen MR) is 208 cm³/mol. The van der Waals surface area contributed by atoms with Crippen LogP contribution in [0.3, 0.4) is 0 Å². The van der Waals surface area contributed by atoms with Crippen LogP contribution in [0.15, 0.2) is 138 Å². The third kappa shape index (κ3) is 3.58. The van der Waals surface area contributed by atoms with E-state index in [9.17, 15) is 0 Å². The molecule has 0 spiro atoms. The highest BCUT2D eigenvalue weighted by molar-refractivity contribution is 7.25. The highest BCUT2D eigenvalue weighted by atomic mass is 32.1. The lowest BCUT2D eigenvalue weighted by Crippen LogP contribution is -1.94. The zero-order chi connectivity index (χ0) is 33.1. The van der Waals surface area contributed by atoms with Gasteiger partial charge in [0.25, 0.3) is 0 Å². The SMILES string of the molecule is [C-]#[N+]c1ccc2c(c1)c1ccccc1n2-c1ccc2sc3ccc(-n4c5ccc([N+]#[C-])cc5c5ccc6c7ccccc7oc6c54)cc3c2c1. The summed E-state index contributed by atoms with van der Waals surface area (Å²) >= 11 is 1.80.